The van der Waals surface area contributed by atoms with Crippen LogP contribution >= 0.6 is 24.4 Å². The molecule has 824 valence electrons. The lowest BCUT2D eigenvalue weighted by atomic mass is 9.81. The van der Waals surface area contributed by atoms with Gasteiger partial charge in [-0.1, -0.05) is 51.8 Å². The number of unbranched alkanes of at least 4 members (excludes halogenated alkanes) is 5. The highest BCUT2D eigenvalue weighted by Crippen LogP contribution is 2.49. The number of nitro groups is 1. The molecule has 2 saturated heterocycles. The van der Waals surface area contributed by atoms with E-state index in [2.05, 4.69) is 91.2 Å². The number of benzene rings is 3. The van der Waals surface area contributed by atoms with Crippen LogP contribution in [0, 0.1) is 16.0 Å². The average Bonchev–Trinajstić information content (AvgIpc) is 1.59. The van der Waals surface area contributed by atoms with E-state index in [9.17, 15) is 98.4 Å². The molecule has 3 aromatic carbocycles. The van der Waals surface area contributed by atoms with E-state index in [0.717, 1.165) is 52.5 Å². The molecule has 0 bridgehead atoms. The molecule has 3 unspecified atom stereocenters. The van der Waals surface area contributed by atoms with E-state index < -0.39 is 109 Å². The Morgan fingerprint density at radius 1 is 0.601 bits per heavy atom. The van der Waals surface area contributed by atoms with Gasteiger partial charge >= 0.3 is 6.03 Å². The molecule has 18 N–H and O–H groups in total. The van der Waals surface area contributed by atoms with Crippen LogP contribution in [0.2, 0.25) is 0 Å². The van der Waals surface area contributed by atoms with Crippen molar-refractivity contribution in [2.24, 2.45) is 17.4 Å². The maximum atomic E-state index is 13.1. The van der Waals surface area contributed by atoms with E-state index in [0.29, 0.717) is 115 Å². The first-order chi connectivity index (χ1) is 70.4. The molecule has 47 nitrogen and oxygen atoms in total. The second-order valence-corrected chi connectivity index (χ2v) is 40.6. The second-order valence-electron chi connectivity index (χ2n) is 36.2. The van der Waals surface area contributed by atoms with Crippen molar-refractivity contribution in [1.29, 1.82) is 0 Å². The van der Waals surface area contributed by atoms with Crippen molar-refractivity contribution in [2.75, 3.05) is 182 Å². The van der Waals surface area contributed by atoms with E-state index in [4.69, 9.17) is 49.4 Å². The normalized spacial score (nSPS) is 16.3. The first-order valence-corrected chi connectivity index (χ1v) is 53.9. The fourth-order valence-electron chi connectivity index (χ4n) is 16.3. The number of amides is 14. The van der Waals surface area contributed by atoms with E-state index in [-0.39, 0.29) is 209 Å². The van der Waals surface area contributed by atoms with Gasteiger partial charge in [0, 0.05) is 129 Å². The number of allylic oxidation sites excluding steroid dienone is 6. The van der Waals surface area contributed by atoms with E-state index >= 15 is 0 Å². The molecule has 51 heteroatoms. The van der Waals surface area contributed by atoms with Gasteiger partial charge in [0.1, 0.15) is 42.5 Å². The van der Waals surface area contributed by atoms with Gasteiger partial charge in [-0.05, 0) is 140 Å². The number of carbonyl (C=O) groups is 13. The molecule has 0 aliphatic carbocycles. The van der Waals surface area contributed by atoms with Crippen molar-refractivity contribution in [3.63, 3.8) is 0 Å². The minimum Gasteiger partial charge on any atom is -0.744 e. The number of thiol groups is 1. The van der Waals surface area contributed by atoms with Crippen LogP contribution < -0.4 is 95.0 Å². The number of likely N-dealkylation sites (N-methyl/N-ethyl adjacent to an activating group) is 2. The molecule has 7 atom stereocenters. The number of hydrogen-bond donors (Lipinski definition) is 17. The summed E-state index contributed by atoms with van der Waals surface area (Å²) in [4.78, 5) is 171. The molecule has 4 aliphatic rings. The fraction of sp³-hybridized carbons (Fsp3) is 0.608. The minimum atomic E-state index is -4.66. The number of ether oxygens (including phenoxy) is 8. The van der Waals surface area contributed by atoms with Gasteiger partial charge in [-0.2, -0.15) is 37.4 Å². The number of primary amides is 1. The van der Waals surface area contributed by atoms with E-state index in [1.807, 2.05) is 76.8 Å². The van der Waals surface area contributed by atoms with Gasteiger partial charge in [0.15, 0.2) is 17.2 Å². The van der Waals surface area contributed by atoms with Crippen molar-refractivity contribution in [1.82, 2.24) is 69.1 Å². The maximum Gasteiger partial charge on any atom is 0.315 e. The molecule has 0 saturated carbocycles. The van der Waals surface area contributed by atoms with Crippen LogP contribution in [0.4, 0.5) is 21.9 Å². The van der Waals surface area contributed by atoms with Crippen molar-refractivity contribution >= 4 is 144 Å². The van der Waals surface area contributed by atoms with Gasteiger partial charge in [-0.15, -0.1) is 0 Å². The highest BCUT2D eigenvalue weighted by atomic mass is 32.2. The molecular formula is C97H148N18O29S4. The zero-order valence-electron chi connectivity index (χ0n) is 85.6. The van der Waals surface area contributed by atoms with Gasteiger partial charge in [-0.25, -0.2) is 13.2 Å². The molecule has 148 heavy (non-hydrogen) atoms. The number of nitro benzene ring substituents is 1. The number of hydrogen-bond acceptors (Lipinski definition) is 32. The molecule has 4 heterocycles. The van der Waals surface area contributed by atoms with Crippen LogP contribution in [0.25, 0.3) is 0 Å². The quantitative estimate of drug-likeness (QED) is 0.00563. The van der Waals surface area contributed by atoms with Crippen molar-refractivity contribution in [3.05, 3.63) is 111 Å². The highest BCUT2D eigenvalue weighted by molar-refractivity contribution is 8.00. The smallest absolute Gasteiger partial charge is 0.315 e. The third-order valence-corrected chi connectivity index (χ3v) is 27.8. The number of nitrogens with zero attached hydrogens (tertiary/aromatic N) is 3. The SMILES string of the molecule is CCN1C(=CC=CC=CC2=[N+](CCCCCC(=O)NCCCC[C@H](C)C(=O)NCC(=O)NC(C)c3cc(OC)c(OCCCC(=O)NCCOCCOCC(=O)N[C@@H](CCCCNC(=O)CCCC[C@H]4SCC5NC(=O)NC54)C(=O)NCC(N)=O)cc3[N+](=O)[O-])c3ccc(S(=O)(=O)O)cc3C2(C)C)C(C)(C)c2cc(S(=O)(=O)[O-])ccc21.CNC(=O)COCCOCCNC(=O)COCCOCCNC(=O)CNC(=O)[C@@H](N)CS. The predicted molar refractivity (Wildman–Crippen MR) is 552 cm³/mol. The third kappa shape index (κ3) is 44.0. The number of thioether (sulfide) groups is 1. The van der Waals surface area contributed by atoms with Gasteiger partial charge in [0.05, 0.1) is 149 Å². The lowest BCUT2D eigenvalue weighted by molar-refractivity contribution is -0.438. The zero-order valence-corrected chi connectivity index (χ0v) is 88.9. The monoisotopic (exact) mass is 2160 g/mol. The Hall–Kier alpha value is -11.5. The molecule has 2 fully saturated rings. The summed E-state index contributed by atoms with van der Waals surface area (Å²) in [6.45, 7) is 16.1. The van der Waals surface area contributed by atoms with Crippen molar-refractivity contribution in [2.45, 2.75) is 207 Å². The number of urea groups is 1. The van der Waals surface area contributed by atoms with Crippen LogP contribution in [0.5, 0.6) is 11.5 Å². The molecule has 3 aromatic rings. The standard InChI is InChI=1S/C79H113N13O21S3.C18H35N5O8S/c1-9-90-60-33-31-53(115(104,105)106)43-56(60)78(4,5)66(90)26-12-10-13-27-67-79(6,7)57-44-54(116(107,108)109)32-34-61(57)91(67)38-21-11-14-28-69(94)81-35-19-17-23-51(2)75(99)85-48-72(97)86-52(3)55-45-63(110-8)64(46-62(55)92(102)103)113-39-22-30-71(96)83-37-40-111-41-42-112-49-73(98)87-58(76(100)84-47-68(80)93)24-18-20-36-82-70(95)29-16-15-25-65-74-59(50-114-65)88-77(101)89-74;1-20-16(25)11-30-8-6-29-5-3-22-17(26)12-31-9-7-28-4-2-21-15(24)10-23-18(27)14(19)13-32/h10,12-13,26-27,31-34,43-46,51-52,58-59,65,74H,9,11,14-25,28-30,35-42,47-50H2,1-8H3,(H12-,80,81,82,83,84,85,86,87,88,89,93,94,95,96,97,98,99,100,101,104,105,106,107,108,109);14,32H,2-13,19H2,1H3,(H,20,25)(H,21,24)(H,22,26)(H,23,27)/t51-,52?,58-,59?,65+,74?;14-/m00/s1. The van der Waals surface area contributed by atoms with Gasteiger partial charge in [0.2, 0.25) is 76.6 Å². The second kappa shape index (κ2) is 65.5. The summed E-state index contributed by atoms with van der Waals surface area (Å²) in [6, 6.07) is 9.02. The molecule has 14 amide bonds. The number of methoxy groups -OCH3 is 1. The lowest BCUT2D eigenvalue weighted by Crippen LogP contribution is -2.49. The van der Waals surface area contributed by atoms with Gasteiger partial charge < -0.3 is 128 Å². The van der Waals surface area contributed by atoms with Crippen LogP contribution in [-0.4, -0.2) is 324 Å². The largest absolute Gasteiger partial charge is 0.744 e. The molecule has 0 radical (unpaired) electrons. The Balaban J connectivity index is 0.000000892. The molecule has 0 aromatic heterocycles. The minimum absolute atomic E-state index is 0.0130. The summed E-state index contributed by atoms with van der Waals surface area (Å²) < 4.78 is 115. The predicted octanol–water partition coefficient (Wildman–Crippen LogP) is 2.23. The van der Waals surface area contributed by atoms with Crippen LogP contribution in [-0.2, 0) is 117 Å². The lowest BCUT2D eigenvalue weighted by Gasteiger charge is -2.25. The first-order valence-electron chi connectivity index (χ1n) is 49.4. The summed E-state index contributed by atoms with van der Waals surface area (Å²) in [6.07, 6.45) is 17.8. The Morgan fingerprint density at radius 3 is 1.76 bits per heavy atom. The summed E-state index contributed by atoms with van der Waals surface area (Å²) >= 11 is 5.73. The topological polar surface area (TPSA) is 665 Å². The summed E-state index contributed by atoms with van der Waals surface area (Å²) in [5.41, 5.74) is 13.9. The van der Waals surface area contributed by atoms with Gasteiger partial charge in [0.25, 0.3) is 15.8 Å². The third-order valence-electron chi connectivity index (χ3n) is 24.2. The van der Waals surface area contributed by atoms with Crippen LogP contribution in [0.1, 0.15) is 174 Å². The summed E-state index contributed by atoms with van der Waals surface area (Å²) in [5, 5.41) is 47.4. The number of nitrogens with two attached hydrogens (primary N) is 2. The molecule has 4 aliphatic heterocycles. The fourth-order valence-corrected chi connectivity index (χ4v) is 19.0. The first kappa shape index (κ1) is 125. The number of rotatable bonds is 71. The number of carbonyl (C=O) groups excluding carboxylic acids is 13. The molecular weight excluding hydrogens is 2010 g/mol. The number of nitrogens with one attached hydrogen (secondary N) is 13. The Kier molecular flexibility index (Phi) is 55.4. The van der Waals surface area contributed by atoms with Crippen LogP contribution in [0.3, 0.4) is 0 Å². The zero-order chi connectivity index (χ0) is 109. The van der Waals surface area contributed by atoms with Crippen molar-refractivity contribution in [3.8, 4) is 11.5 Å². The van der Waals surface area contributed by atoms with Crippen LogP contribution in [0.15, 0.2) is 94.4 Å². The molecule has 0 spiro atoms. The number of fused-ring (bicyclic) bond motifs is 3. The number of anilines is 1. The average molecular weight is 2160 g/mol. The van der Waals surface area contributed by atoms with E-state index in [1.165, 1.54) is 50.6 Å². The Bertz CT molecular complexity index is 5320. The maximum absolute atomic E-state index is 13.1. The Labute approximate surface area is 873 Å². The Morgan fingerprint density at radius 2 is 1.16 bits per heavy atom. The molecule has 7 rings (SSSR count). The highest BCUT2D eigenvalue weighted by Gasteiger charge is 2.46. The van der Waals surface area contributed by atoms with Crippen molar-refractivity contribution < 1.29 is 136 Å². The summed E-state index contributed by atoms with van der Waals surface area (Å²) in [7, 11) is -6.28. The summed E-state index contributed by atoms with van der Waals surface area (Å²) in [5.74, 6) is -3.99. The van der Waals surface area contributed by atoms with E-state index in [1.54, 1.807) is 26.0 Å². The van der Waals surface area contributed by atoms with Gasteiger partial charge in [-0.3, -0.25) is 72.2 Å².